The molecule has 4 nitrogen and oxygen atoms in total. The molecule has 0 bridgehead atoms. The van der Waals surface area contributed by atoms with Crippen molar-refractivity contribution in [2.24, 2.45) is 0 Å². The lowest BCUT2D eigenvalue weighted by Gasteiger charge is -2.17. The topological polar surface area (TPSA) is 47.6 Å². The quantitative estimate of drug-likeness (QED) is 0.615. The van der Waals surface area contributed by atoms with E-state index in [2.05, 4.69) is 11.4 Å². The van der Waals surface area contributed by atoms with Gasteiger partial charge in [-0.15, -0.1) is 0 Å². The van der Waals surface area contributed by atoms with Gasteiger partial charge in [-0.2, -0.15) is 0 Å². The Kier molecular flexibility index (Phi) is 8.29. The van der Waals surface area contributed by atoms with Crippen LogP contribution in [0.15, 0.2) is 48.5 Å². The Morgan fingerprint density at radius 3 is 2.69 bits per heavy atom. The van der Waals surface area contributed by atoms with Crippen LogP contribution in [0.25, 0.3) is 0 Å². The van der Waals surface area contributed by atoms with Crippen LogP contribution in [0, 0.1) is 0 Å². The third-order valence-corrected chi connectivity index (χ3v) is 4.17. The fourth-order valence-electron chi connectivity index (χ4n) is 2.64. The summed E-state index contributed by atoms with van der Waals surface area (Å²) in [6.45, 7) is 5.14. The summed E-state index contributed by atoms with van der Waals surface area (Å²) < 4.78 is 11.4. The van der Waals surface area contributed by atoms with Crippen molar-refractivity contribution in [2.75, 3.05) is 13.2 Å². The van der Waals surface area contributed by atoms with E-state index in [1.54, 1.807) is 24.3 Å². The van der Waals surface area contributed by atoms with Gasteiger partial charge in [-0.1, -0.05) is 42.8 Å². The second-order valence-corrected chi connectivity index (χ2v) is 6.34. The fraction of sp³-hybridized carbons (Fsp3) is 0.381. The number of hydrogen-bond acceptors (Lipinski definition) is 3. The molecule has 0 fully saturated rings. The SMILES string of the molecule is CCOc1ccccc1CCCNC(=O)[C@H](CC)Oc1cccc(Cl)c1. The number of nitrogens with one attached hydrogen (secondary N) is 1. The summed E-state index contributed by atoms with van der Waals surface area (Å²) in [6.07, 6.45) is 1.75. The second kappa shape index (κ2) is 10.7. The van der Waals surface area contributed by atoms with Gasteiger partial charge in [0.05, 0.1) is 6.61 Å². The van der Waals surface area contributed by atoms with Crippen molar-refractivity contribution in [1.29, 1.82) is 0 Å². The Hall–Kier alpha value is -2.20. The molecule has 1 amide bonds. The molecule has 0 aliphatic heterocycles. The average molecular weight is 376 g/mol. The van der Waals surface area contributed by atoms with Crippen molar-refractivity contribution in [2.45, 2.75) is 39.2 Å². The van der Waals surface area contributed by atoms with Crippen molar-refractivity contribution in [3.8, 4) is 11.5 Å². The van der Waals surface area contributed by atoms with E-state index < -0.39 is 6.10 Å². The van der Waals surface area contributed by atoms with Gasteiger partial charge in [0.1, 0.15) is 11.5 Å². The number of carbonyl (C=O) groups excluding carboxylic acids is 1. The first-order valence-corrected chi connectivity index (χ1v) is 9.42. The third kappa shape index (κ3) is 6.26. The van der Waals surface area contributed by atoms with Crippen LogP contribution < -0.4 is 14.8 Å². The van der Waals surface area contributed by atoms with E-state index in [-0.39, 0.29) is 5.91 Å². The molecule has 2 aromatic rings. The summed E-state index contributed by atoms with van der Waals surface area (Å²) in [5.41, 5.74) is 1.16. The normalized spacial score (nSPS) is 11.7. The molecule has 0 aliphatic rings. The maximum absolute atomic E-state index is 12.4. The Labute approximate surface area is 160 Å². The third-order valence-electron chi connectivity index (χ3n) is 3.93. The molecule has 2 rings (SSSR count). The molecular formula is C21H26ClNO3. The number of amides is 1. The predicted octanol–water partition coefficient (Wildman–Crippen LogP) is 4.65. The minimum atomic E-state index is -0.524. The van der Waals surface area contributed by atoms with Gasteiger partial charge in [-0.3, -0.25) is 4.79 Å². The lowest BCUT2D eigenvalue weighted by Crippen LogP contribution is -2.38. The molecule has 0 heterocycles. The molecule has 26 heavy (non-hydrogen) atoms. The molecule has 1 N–H and O–H groups in total. The molecule has 5 heteroatoms. The molecule has 2 aromatic carbocycles. The summed E-state index contributed by atoms with van der Waals surface area (Å²) in [4.78, 5) is 12.4. The summed E-state index contributed by atoms with van der Waals surface area (Å²) >= 11 is 5.96. The lowest BCUT2D eigenvalue weighted by atomic mass is 10.1. The summed E-state index contributed by atoms with van der Waals surface area (Å²) in [5.74, 6) is 1.41. The van der Waals surface area contributed by atoms with Gasteiger partial charge < -0.3 is 14.8 Å². The molecule has 1 atom stereocenters. The van der Waals surface area contributed by atoms with E-state index >= 15 is 0 Å². The molecule has 140 valence electrons. The summed E-state index contributed by atoms with van der Waals surface area (Å²) in [7, 11) is 0. The van der Waals surface area contributed by atoms with Crippen LogP contribution in [0.3, 0.4) is 0 Å². The van der Waals surface area contributed by atoms with E-state index in [0.717, 1.165) is 24.2 Å². The van der Waals surface area contributed by atoms with E-state index in [9.17, 15) is 4.79 Å². The highest BCUT2D eigenvalue weighted by molar-refractivity contribution is 6.30. The van der Waals surface area contributed by atoms with Crippen molar-refractivity contribution >= 4 is 17.5 Å². The molecule has 0 saturated heterocycles. The van der Waals surface area contributed by atoms with Crippen LogP contribution in [0.1, 0.15) is 32.3 Å². The van der Waals surface area contributed by atoms with Crippen molar-refractivity contribution in [3.63, 3.8) is 0 Å². The highest BCUT2D eigenvalue weighted by Gasteiger charge is 2.18. The van der Waals surface area contributed by atoms with E-state index in [4.69, 9.17) is 21.1 Å². The van der Waals surface area contributed by atoms with Gasteiger partial charge in [0.15, 0.2) is 6.10 Å². The smallest absolute Gasteiger partial charge is 0.261 e. The minimum absolute atomic E-state index is 0.106. The minimum Gasteiger partial charge on any atom is -0.494 e. The lowest BCUT2D eigenvalue weighted by molar-refractivity contribution is -0.128. The van der Waals surface area contributed by atoms with Gasteiger partial charge in [0.2, 0.25) is 0 Å². The largest absolute Gasteiger partial charge is 0.494 e. The van der Waals surface area contributed by atoms with Crippen molar-refractivity contribution in [1.82, 2.24) is 5.32 Å². The van der Waals surface area contributed by atoms with Crippen molar-refractivity contribution in [3.05, 3.63) is 59.1 Å². The van der Waals surface area contributed by atoms with E-state index in [0.29, 0.717) is 30.3 Å². The maximum Gasteiger partial charge on any atom is 0.261 e. The van der Waals surface area contributed by atoms with Crippen LogP contribution >= 0.6 is 11.6 Å². The number of para-hydroxylation sites is 1. The zero-order valence-corrected chi connectivity index (χ0v) is 16.1. The molecule has 0 saturated carbocycles. The predicted molar refractivity (Wildman–Crippen MR) is 105 cm³/mol. The van der Waals surface area contributed by atoms with Crippen molar-refractivity contribution < 1.29 is 14.3 Å². The van der Waals surface area contributed by atoms with Gasteiger partial charge >= 0.3 is 0 Å². The van der Waals surface area contributed by atoms with E-state index in [1.807, 2.05) is 32.0 Å². The van der Waals surface area contributed by atoms with Gasteiger partial charge in [0, 0.05) is 11.6 Å². The van der Waals surface area contributed by atoms with Crippen LogP contribution in [0.2, 0.25) is 5.02 Å². The highest BCUT2D eigenvalue weighted by atomic mass is 35.5. The number of hydrogen-bond donors (Lipinski definition) is 1. The summed E-state index contributed by atoms with van der Waals surface area (Å²) in [5, 5.41) is 3.54. The standard InChI is InChI=1S/C21H26ClNO3/c1-3-19(26-18-12-7-11-17(22)15-18)21(24)23-14-8-10-16-9-5-6-13-20(16)25-4-2/h5-7,9,11-13,15,19H,3-4,8,10,14H2,1-2H3,(H,23,24)/t19-/m0/s1. The molecular weight excluding hydrogens is 350 g/mol. The molecule has 0 aliphatic carbocycles. The molecule has 0 spiro atoms. The zero-order valence-electron chi connectivity index (χ0n) is 15.3. The Bertz CT molecular complexity index is 705. The monoisotopic (exact) mass is 375 g/mol. The number of aryl methyl sites for hydroxylation is 1. The van der Waals surface area contributed by atoms with Crippen LogP contribution in [0.4, 0.5) is 0 Å². The maximum atomic E-state index is 12.4. The highest BCUT2D eigenvalue weighted by Crippen LogP contribution is 2.20. The van der Waals surface area contributed by atoms with Gasteiger partial charge in [-0.05, 0) is 56.0 Å². The van der Waals surface area contributed by atoms with Crippen LogP contribution in [-0.4, -0.2) is 25.2 Å². The number of rotatable bonds is 10. The van der Waals surface area contributed by atoms with Gasteiger partial charge in [-0.25, -0.2) is 0 Å². The molecule has 0 unspecified atom stereocenters. The first-order chi connectivity index (χ1) is 12.6. The Morgan fingerprint density at radius 2 is 1.96 bits per heavy atom. The number of ether oxygens (including phenoxy) is 2. The molecule has 0 aromatic heterocycles. The second-order valence-electron chi connectivity index (χ2n) is 5.91. The number of carbonyl (C=O) groups is 1. The first-order valence-electron chi connectivity index (χ1n) is 9.04. The number of benzene rings is 2. The van der Waals surface area contributed by atoms with E-state index in [1.165, 1.54) is 0 Å². The zero-order chi connectivity index (χ0) is 18.8. The van der Waals surface area contributed by atoms with Crippen LogP contribution in [-0.2, 0) is 11.2 Å². The van der Waals surface area contributed by atoms with Gasteiger partial charge in [0.25, 0.3) is 5.91 Å². The Balaban J connectivity index is 1.80. The van der Waals surface area contributed by atoms with Crippen LogP contribution in [0.5, 0.6) is 11.5 Å². The number of halogens is 1. The average Bonchev–Trinajstić information content (AvgIpc) is 2.64. The Morgan fingerprint density at radius 1 is 1.15 bits per heavy atom. The fourth-order valence-corrected chi connectivity index (χ4v) is 2.82. The first kappa shape index (κ1) is 20.1. The molecule has 0 radical (unpaired) electrons. The summed E-state index contributed by atoms with van der Waals surface area (Å²) in [6, 6.07) is 15.1.